The third-order valence-electron chi connectivity index (χ3n) is 8.80. The molecule has 1 aromatic rings. The minimum Gasteiger partial charge on any atom is -0.493 e. The molecule has 45 heavy (non-hydrogen) atoms. The average molecular weight is 624 g/mol. The van der Waals surface area contributed by atoms with Crippen molar-refractivity contribution in [1.29, 1.82) is 0 Å². The highest BCUT2D eigenvalue weighted by atomic mass is 16.7. The predicted molar refractivity (Wildman–Crippen MR) is 185 cm³/mol. The molecule has 0 radical (unpaired) electrons. The fourth-order valence-electron chi connectivity index (χ4n) is 6.81. The Labute approximate surface area is 271 Å². The summed E-state index contributed by atoms with van der Waals surface area (Å²) >= 11 is 0. The molecule has 9 heteroatoms. The molecule has 1 amide bonds. The summed E-state index contributed by atoms with van der Waals surface area (Å²) in [6, 6.07) is 5.36. The molecule has 4 aliphatic heterocycles. The number of benzene rings is 1. The van der Waals surface area contributed by atoms with Crippen LogP contribution in [-0.4, -0.2) is 91.9 Å². The van der Waals surface area contributed by atoms with E-state index in [1.165, 1.54) is 32.1 Å². The zero-order valence-electron chi connectivity index (χ0n) is 28.8. The molecule has 0 saturated carbocycles. The van der Waals surface area contributed by atoms with Crippen LogP contribution in [0.3, 0.4) is 0 Å². The quantitative estimate of drug-likeness (QED) is 0.236. The number of allylic oxidation sites excluding steroid dienone is 1. The van der Waals surface area contributed by atoms with Gasteiger partial charge in [-0.1, -0.05) is 13.0 Å². The van der Waals surface area contributed by atoms with Gasteiger partial charge in [0.2, 0.25) is 11.5 Å². The van der Waals surface area contributed by atoms with Crippen LogP contribution in [0.5, 0.6) is 17.2 Å². The average Bonchev–Trinajstić information content (AvgIpc) is 3.71. The Bertz CT molecular complexity index is 1180. The molecule has 3 fully saturated rings. The number of aliphatic imine (C=N–C) groups is 2. The maximum absolute atomic E-state index is 13.9. The van der Waals surface area contributed by atoms with Crippen LogP contribution in [0.2, 0.25) is 0 Å². The maximum atomic E-state index is 13.9. The lowest BCUT2D eigenvalue weighted by Crippen LogP contribution is -2.47. The van der Waals surface area contributed by atoms with Gasteiger partial charge in [0.05, 0.1) is 13.7 Å². The van der Waals surface area contributed by atoms with Gasteiger partial charge >= 0.3 is 0 Å². The largest absolute Gasteiger partial charge is 0.493 e. The van der Waals surface area contributed by atoms with Gasteiger partial charge in [0.15, 0.2) is 11.5 Å². The van der Waals surface area contributed by atoms with Crippen molar-refractivity contribution in [3.8, 4) is 17.2 Å². The van der Waals surface area contributed by atoms with Crippen molar-refractivity contribution in [2.24, 2.45) is 15.9 Å². The molecule has 4 heterocycles. The summed E-state index contributed by atoms with van der Waals surface area (Å²) in [6.07, 6.45) is 14.1. The number of carbonyl (C=O) groups excluding carboxylic acids is 1. The number of nitrogens with zero attached hydrogens (tertiary/aromatic N) is 4. The lowest BCUT2D eigenvalue weighted by molar-refractivity contribution is -0.0439. The van der Waals surface area contributed by atoms with Crippen LogP contribution in [0.4, 0.5) is 0 Å². The van der Waals surface area contributed by atoms with Crippen LogP contribution in [-0.2, 0) is 0 Å². The minimum absolute atomic E-state index is 0.0285. The Morgan fingerprint density at radius 3 is 2.53 bits per heavy atom. The van der Waals surface area contributed by atoms with Gasteiger partial charge in [0.1, 0.15) is 0 Å². The number of fused-ring (bicyclic) bond motifs is 3. The number of amides is 1. The molecule has 3 saturated heterocycles. The Morgan fingerprint density at radius 2 is 1.91 bits per heavy atom. The second kappa shape index (κ2) is 17.5. The molecule has 250 valence electrons. The SMILES string of the molecule is C/C=C\N=CCC.C=C.CN=C(C)CN(C[C@@H]1CCCN1CC1CC2CCC(C1)N2)C(=O)c1cc(OC)c2c(c1)OC(C)(C)O2. The number of piperidine rings is 1. The van der Waals surface area contributed by atoms with E-state index in [4.69, 9.17) is 14.2 Å². The predicted octanol–water partition coefficient (Wildman–Crippen LogP) is 6.53. The second-order valence-electron chi connectivity index (χ2n) is 12.7. The summed E-state index contributed by atoms with van der Waals surface area (Å²) in [4.78, 5) is 26.8. The molecule has 2 unspecified atom stereocenters. The van der Waals surface area contributed by atoms with Crippen LogP contribution < -0.4 is 19.5 Å². The number of rotatable bonds is 10. The third kappa shape index (κ3) is 10.2. The van der Waals surface area contributed by atoms with Crippen LogP contribution >= 0.6 is 0 Å². The summed E-state index contributed by atoms with van der Waals surface area (Å²) in [5.74, 6) is 1.56. The molecule has 4 aliphatic rings. The highest BCUT2D eigenvalue weighted by molar-refractivity contribution is 5.98. The highest BCUT2D eigenvalue weighted by Crippen LogP contribution is 2.47. The molecule has 2 bridgehead atoms. The summed E-state index contributed by atoms with van der Waals surface area (Å²) in [6.45, 7) is 19.2. The van der Waals surface area contributed by atoms with Gasteiger partial charge in [-0.15, -0.1) is 13.2 Å². The molecular formula is C36H57N5O4. The van der Waals surface area contributed by atoms with Crippen molar-refractivity contribution < 1.29 is 19.0 Å². The van der Waals surface area contributed by atoms with Crippen molar-refractivity contribution in [3.05, 3.63) is 43.1 Å². The van der Waals surface area contributed by atoms with Gasteiger partial charge in [-0.05, 0) is 83.4 Å². The fourth-order valence-corrected chi connectivity index (χ4v) is 6.81. The second-order valence-corrected chi connectivity index (χ2v) is 12.7. The minimum atomic E-state index is -0.791. The number of carbonyl (C=O) groups is 1. The van der Waals surface area contributed by atoms with E-state index < -0.39 is 5.79 Å². The summed E-state index contributed by atoms with van der Waals surface area (Å²) < 4.78 is 17.4. The lowest BCUT2D eigenvalue weighted by atomic mass is 9.92. The topological polar surface area (TPSA) is 88.0 Å². The van der Waals surface area contributed by atoms with Crippen LogP contribution in [0.25, 0.3) is 0 Å². The van der Waals surface area contributed by atoms with E-state index in [9.17, 15) is 4.79 Å². The Balaban J connectivity index is 0.000000544. The summed E-state index contributed by atoms with van der Waals surface area (Å²) in [5, 5.41) is 3.77. The highest BCUT2D eigenvalue weighted by Gasteiger charge is 2.38. The third-order valence-corrected chi connectivity index (χ3v) is 8.80. The van der Waals surface area contributed by atoms with E-state index >= 15 is 0 Å². The van der Waals surface area contributed by atoms with Crippen LogP contribution in [0, 0.1) is 5.92 Å². The first-order chi connectivity index (χ1) is 21.7. The first-order valence-corrected chi connectivity index (χ1v) is 16.6. The molecule has 0 spiro atoms. The van der Waals surface area contributed by atoms with Crippen molar-refractivity contribution in [2.75, 3.05) is 40.3 Å². The zero-order valence-corrected chi connectivity index (χ0v) is 28.8. The molecule has 0 aliphatic carbocycles. The van der Waals surface area contributed by atoms with Gasteiger partial charge in [-0.3, -0.25) is 19.7 Å². The zero-order chi connectivity index (χ0) is 33.0. The lowest BCUT2D eigenvalue weighted by Gasteiger charge is -2.36. The van der Waals surface area contributed by atoms with Gasteiger partial charge < -0.3 is 24.4 Å². The number of hydrogen-bond acceptors (Lipinski definition) is 8. The van der Waals surface area contributed by atoms with Crippen molar-refractivity contribution in [2.45, 2.75) is 103 Å². The standard InChI is InChI=1S/C28H42N4O4.C6H11N.C2H4/c1-18(29-4)15-32(27(33)20-13-24(34-5)26-25(14-20)35-28(2,3)36-26)17-23-7-6-10-31(23)16-19-11-21-8-9-22(12-19)30-21;1-3-5-7-6-4-2;1-2/h13-14,19,21-23,30H,6-12,15-17H2,1-5H3;3,5-6H,4H2,1-2H3;1-2H2/b;5-3-,7-6?;/t19?,21?,22?,23-;;/m0../s1. The smallest absolute Gasteiger partial charge is 0.254 e. The first-order valence-electron chi connectivity index (χ1n) is 16.6. The van der Waals surface area contributed by atoms with Crippen molar-refractivity contribution >= 4 is 17.8 Å². The van der Waals surface area contributed by atoms with E-state index in [-0.39, 0.29) is 5.91 Å². The number of nitrogens with one attached hydrogen (secondary N) is 1. The Kier molecular flexibility index (Phi) is 14.1. The molecular weight excluding hydrogens is 566 g/mol. The van der Waals surface area contributed by atoms with E-state index in [1.54, 1.807) is 32.5 Å². The van der Waals surface area contributed by atoms with E-state index in [2.05, 4.69) is 40.3 Å². The number of hydrogen-bond donors (Lipinski definition) is 1. The van der Waals surface area contributed by atoms with E-state index in [1.807, 2.05) is 44.9 Å². The molecule has 9 nitrogen and oxygen atoms in total. The van der Waals surface area contributed by atoms with Crippen molar-refractivity contribution in [1.82, 2.24) is 15.1 Å². The normalized spacial score (nSPS) is 25.1. The van der Waals surface area contributed by atoms with Gasteiger partial charge in [-0.25, -0.2) is 0 Å². The van der Waals surface area contributed by atoms with Crippen LogP contribution in [0.15, 0.2) is 47.6 Å². The number of methoxy groups -OCH3 is 1. The Hall–Kier alpha value is -3.17. The van der Waals surface area contributed by atoms with Crippen molar-refractivity contribution in [3.63, 3.8) is 0 Å². The molecule has 1 aromatic carbocycles. The molecule has 1 N–H and O–H groups in total. The Morgan fingerprint density at radius 1 is 1.20 bits per heavy atom. The number of ether oxygens (including phenoxy) is 3. The summed E-state index contributed by atoms with van der Waals surface area (Å²) in [7, 11) is 3.38. The molecule has 5 rings (SSSR count). The fraction of sp³-hybridized carbons (Fsp3) is 0.639. The van der Waals surface area contributed by atoms with Gasteiger partial charge in [-0.2, -0.15) is 0 Å². The van der Waals surface area contributed by atoms with E-state index in [0.29, 0.717) is 54.0 Å². The van der Waals surface area contributed by atoms with E-state index in [0.717, 1.165) is 37.6 Å². The molecule has 3 atom stereocenters. The van der Waals surface area contributed by atoms with Crippen LogP contribution in [0.1, 0.15) is 89.9 Å². The van der Waals surface area contributed by atoms with Gasteiger partial charge in [0.25, 0.3) is 5.91 Å². The summed E-state index contributed by atoms with van der Waals surface area (Å²) in [5.41, 5.74) is 1.49. The van der Waals surface area contributed by atoms with Gasteiger partial charge in [0, 0.05) is 75.8 Å². The molecule has 0 aromatic heterocycles. The number of likely N-dealkylation sites (tertiary alicyclic amines) is 1. The monoisotopic (exact) mass is 623 g/mol. The maximum Gasteiger partial charge on any atom is 0.254 e. The first kappa shape index (κ1) is 36.3.